The molecule has 0 bridgehead atoms. The van der Waals surface area contributed by atoms with Crippen LogP contribution in [0, 0.1) is 5.82 Å². The number of aromatic amines is 1. The lowest BCUT2D eigenvalue weighted by Gasteiger charge is -2.38. The fraction of sp³-hybridized carbons (Fsp3) is 0.333. The SMILES string of the molecule is OC1(c2cn[nH]n2)CCCN(c2ncnc3cccc(F)c23)C1. The molecule has 4 rings (SSSR count). The Bertz CT molecular complexity index is 834. The van der Waals surface area contributed by atoms with Gasteiger partial charge in [0.15, 0.2) is 0 Å². The summed E-state index contributed by atoms with van der Waals surface area (Å²) in [6, 6.07) is 4.76. The summed E-state index contributed by atoms with van der Waals surface area (Å²) in [6.07, 6.45) is 4.24. The van der Waals surface area contributed by atoms with Crippen molar-refractivity contribution in [3.05, 3.63) is 42.2 Å². The Morgan fingerprint density at radius 2 is 2.22 bits per heavy atom. The first kappa shape index (κ1) is 14.0. The lowest BCUT2D eigenvalue weighted by Crippen LogP contribution is -2.47. The summed E-state index contributed by atoms with van der Waals surface area (Å²) in [4.78, 5) is 10.3. The first-order chi connectivity index (χ1) is 11.2. The number of anilines is 1. The number of nitrogens with one attached hydrogen (secondary N) is 1. The molecule has 1 atom stereocenters. The van der Waals surface area contributed by atoms with Crippen LogP contribution >= 0.6 is 0 Å². The molecule has 0 saturated carbocycles. The number of halogens is 1. The zero-order valence-electron chi connectivity index (χ0n) is 12.3. The number of aromatic nitrogens is 5. The first-order valence-electron chi connectivity index (χ1n) is 7.40. The largest absolute Gasteiger partial charge is 0.382 e. The Hall–Kier alpha value is -2.61. The third kappa shape index (κ3) is 2.31. The van der Waals surface area contributed by atoms with E-state index in [1.165, 1.54) is 18.6 Å². The fourth-order valence-electron chi connectivity index (χ4n) is 3.14. The van der Waals surface area contributed by atoms with Gasteiger partial charge >= 0.3 is 0 Å². The van der Waals surface area contributed by atoms with Gasteiger partial charge in [0, 0.05) is 6.54 Å². The molecule has 0 aliphatic carbocycles. The zero-order chi connectivity index (χ0) is 15.9. The highest BCUT2D eigenvalue weighted by Crippen LogP contribution is 2.34. The molecule has 1 fully saturated rings. The van der Waals surface area contributed by atoms with E-state index < -0.39 is 5.60 Å². The maximum atomic E-state index is 14.3. The van der Waals surface area contributed by atoms with Crippen LogP contribution in [0.2, 0.25) is 0 Å². The second-order valence-corrected chi connectivity index (χ2v) is 5.74. The van der Waals surface area contributed by atoms with E-state index in [9.17, 15) is 9.50 Å². The first-order valence-corrected chi connectivity index (χ1v) is 7.40. The van der Waals surface area contributed by atoms with Crippen molar-refractivity contribution in [2.24, 2.45) is 0 Å². The number of H-pyrrole nitrogens is 1. The number of aliphatic hydroxyl groups is 1. The van der Waals surface area contributed by atoms with E-state index >= 15 is 0 Å². The van der Waals surface area contributed by atoms with Crippen LogP contribution in [0.3, 0.4) is 0 Å². The van der Waals surface area contributed by atoms with Gasteiger partial charge < -0.3 is 10.0 Å². The topological polar surface area (TPSA) is 90.8 Å². The van der Waals surface area contributed by atoms with Crippen molar-refractivity contribution in [1.82, 2.24) is 25.4 Å². The minimum atomic E-state index is -1.13. The van der Waals surface area contributed by atoms with Gasteiger partial charge in [-0.15, -0.1) is 0 Å². The van der Waals surface area contributed by atoms with Crippen LogP contribution < -0.4 is 4.90 Å². The number of piperidine rings is 1. The summed E-state index contributed by atoms with van der Waals surface area (Å²) in [5.74, 6) is 0.128. The van der Waals surface area contributed by atoms with Gasteiger partial charge in [0.25, 0.3) is 0 Å². The molecule has 118 valence electrons. The van der Waals surface area contributed by atoms with E-state index in [2.05, 4.69) is 25.4 Å². The monoisotopic (exact) mass is 314 g/mol. The zero-order valence-corrected chi connectivity index (χ0v) is 12.3. The van der Waals surface area contributed by atoms with Crippen molar-refractivity contribution in [3.63, 3.8) is 0 Å². The molecule has 23 heavy (non-hydrogen) atoms. The number of β-amino-alcohol motifs (C(OH)–C–C–N with tert-alkyl or cyclic N) is 1. The van der Waals surface area contributed by atoms with Gasteiger partial charge in [-0.05, 0) is 25.0 Å². The van der Waals surface area contributed by atoms with Gasteiger partial charge in [-0.1, -0.05) is 6.07 Å². The summed E-state index contributed by atoms with van der Waals surface area (Å²) in [5, 5.41) is 21.6. The standard InChI is InChI=1S/C15H15FN6O/c16-10-3-1-4-11-13(10)14(18-9-17-11)22-6-2-5-15(23,8-22)12-7-19-21-20-12/h1,3-4,7,9,23H,2,5-6,8H2,(H,19,20,21). The molecule has 1 unspecified atom stereocenters. The van der Waals surface area contributed by atoms with E-state index in [4.69, 9.17) is 0 Å². The molecule has 1 aliphatic heterocycles. The molecule has 2 aromatic heterocycles. The lowest BCUT2D eigenvalue weighted by atomic mass is 9.90. The van der Waals surface area contributed by atoms with E-state index in [0.29, 0.717) is 35.4 Å². The number of hydrogen-bond donors (Lipinski definition) is 2. The average Bonchev–Trinajstić information content (AvgIpc) is 3.10. The van der Waals surface area contributed by atoms with Crippen molar-refractivity contribution in [2.75, 3.05) is 18.0 Å². The van der Waals surface area contributed by atoms with Crippen LogP contribution in [0.25, 0.3) is 10.9 Å². The molecule has 1 aliphatic rings. The Balaban J connectivity index is 1.77. The van der Waals surface area contributed by atoms with E-state index in [-0.39, 0.29) is 12.4 Å². The van der Waals surface area contributed by atoms with Crippen LogP contribution in [-0.2, 0) is 5.60 Å². The number of fused-ring (bicyclic) bond motifs is 1. The van der Waals surface area contributed by atoms with Crippen molar-refractivity contribution in [2.45, 2.75) is 18.4 Å². The van der Waals surface area contributed by atoms with Crippen molar-refractivity contribution < 1.29 is 9.50 Å². The fourth-order valence-corrected chi connectivity index (χ4v) is 3.14. The van der Waals surface area contributed by atoms with Gasteiger partial charge in [-0.25, -0.2) is 14.4 Å². The number of nitrogens with zero attached hydrogens (tertiary/aromatic N) is 5. The van der Waals surface area contributed by atoms with Crippen LogP contribution in [-0.4, -0.2) is 43.6 Å². The van der Waals surface area contributed by atoms with E-state index in [0.717, 1.165) is 6.42 Å². The molecule has 0 radical (unpaired) electrons. The molecular weight excluding hydrogens is 299 g/mol. The summed E-state index contributed by atoms with van der Waals surface area (Å²) < 4.78 is 14.3. The normalized spacial score (nSPS) is 21.7. The van der Waals surface area contributed by atoms with Crippen molar-refractivity contribution in [3.8, 4) is 0 Å². The van der Waals surface area contributed by atoms with Gasteiger partial charge in [0.05, 0.1) is 23.6 Å². The summed E-state index contributed by atoms with van der Waals surface area (Å²) >= 11 is 0. The van der Waals surface area contributed by atoms with Crippen LogP contribution in [0.4, 0.5) is 10.2 Å². The minimum Gasteiger partial charge on any atom is -0.382 e. The average molecular weight is 314 g/mol. The Kier molecular flexibility index (Phi) is 3.19. The third-order valence-corrected chi connectivity index (χ3v) is 4.25. The molecule has 1 saturated heterocycles. The smallest absolute Gasteiger partial charge is 0.142 e. The van der Waals surface area contributed by atoms with Crippen LogP contribution in [0.5, 0.6) is 0 Å². The summed E-state index contributed by atoms with van der Waals surface area (Å²) in [5.41, 5.74) is -0.0973. The number of rotatable bonds is 2. The maximum absolute atomic E-state index is 14.3. The lowest BCUT2D eigenvalue weighted by molar-refractivity contribution is 0.0175. The van der Waals surface area contributed by atoms with Crippen molar-refractivity contribution >= 4 is 16.7 Å². The molecule has 3 aromatic rings. The molecular formula is C15H15FN6O. The van der Waals surface area contributed by atoms with Gasteiger partial charge in [-0.3, -0.25) is 0 Å². The maximum Gasteiger partial charge on any atom is 0.142 e. The summed E-state index contributed by atoms with van der Waals surface area (Å²) in [7, 11) is 0. The summed E-state index contributed by atoms with van der Waals surface area (Å²) in [6.45, 7) is 0.959. The quantitative estimate of drug-likeness (QED) is 0.742. The molecule has 0 amide bonds. The predicted molar refractivity (Wildman–Crippen MR) is 81.2 cm³/mol. The molecule has 2 N–H and O–H groups in total. The van der Waals surface area contributed by atoms with Gasteiger partial charge in [0.2, 0.25) is 0 Å². The molecule has 3 heterocycles. The van der Waals surface area contributed by atoms with Gasteiger partial charge in [0.1, 0.15) is 29.3 Å². The Morgan fingerprint density at radius 1 is 1.30 bits per heavy atom. The minimum absolute atomic E-state index is 0.278. The second-order valence-electron chi connectivity index (χ2n) is 5.74. The number of hydrogen-bond acceptors (Lipinski definition) is 6. The Morgan fingerprint density at radius 3 is 3.04 bits per heavy atom. The van der Waals surface area contributed by atoms with E-state index in [1.54, 1.807) is 12.1 Å². The second kappa shape index (κ2) is 5.24. The molecule has 7 nitrogen and oxygen atoms in total. The number of benzene rings is 1. The van der Waals surface area contributed by atoms with Gasteiger partial charge in [-0.2, -0.15) is 15.4 Å². The highest BCUT2D eigenvalue weighted by Gasteiger charge is 2.38. The highest BCUT2D eigenvalue weighted by molar-refractivity contribution is 5.89. The highest BCUT2D eigenvalue weighted by atomic mass is 19.1. The van der Waals surface area contributed by atoms with Crippen LogP contribution in [0.15, 0.2) is 30.7 Å². The van der Waals surface area contributed by atoms with E-state index in [1.807, 2.05) is 4.90 Å². The molecule has 1 aromatic carbocycles. The van der Waals surface area contributed by atoms with Crippen LogP contribution in [0.1, 0.15) is 18.5 Å². The Labute approximate surface area is 131 Å². The van der Waals surface area contributed by atoms with Crippen molar-refractivity contribution in [1.29, 1.82) is 0 Å². The molecule has 8 heteroatoms. The molecule has 0 spiro atoms. The predicted octanol–water partition coefficient (Wildman–Crippen LogP) is 1.37. The third-order valence-electron chi connectivity index (χ3n) is 4.25.